The normalized spacial score (nSPS) is 33.0. The van der Waals surface area contributed by atoms with Gasteiger partial charge in [-0.1, -0.05) is 0 Å². The van der Waals surface area contributed by atoms with E-state index in [4.69, 9.17) is 9.47 Å². The minimum atomic E-state index is -0.598. The van der Waals surface area contributed by atoms with Crippen molar-refractivity contribution in [1.29, 1.82) is 0 Å². The van der Waals surface area contributed by atoms with Gasteiger partial charge in [-0.3, -0.25) is 0 Å². The van der Waals surface area contributed by atoms with Crippen LogP contribution in [-0.2, 0) is 9.47 Å². The van der Waals surface area contributed by atoms with Gasteiger partial charge in [0.15, 0.2) is 5.79 Å². The summed E-state index contributed by atoms with van der Waals surface area (Å²) >= 11 is 0. The SMILES string of the molecule is CC(C)(O)C1CCC2(C1)OCCO2. The Morgan fingerprint density at radius 2 is 1.92 bits per heavy atom. The number of aliphatic hydroxyl groups is 1. The van der Waals surface area contributed by atoms with Gasteiger partial charge in [-0.25, -0.2) is 0 Å². The van der Waals surface area contributed by atoms with Crippen LogP contribution in [0.2, 0.25) is 0 Å². The molecule has 2 fully saturated rings. The molecule has 0 radical (unpaired) electrons. The Bertz CT molecular complexity index is 189. The lowest BCUT2D eigenvalue weighted by molar-refractivity contribution is -0.157. The highest BCUT2D eigenvalue weighted by Gasteiger charge is 2.47. The summed E-state index contributed by atoms with van der Waals surface area (Å²) < 4.78 is 11.2. The summed E-state index contributed by atoms with van der Waals surface area (Å²) in [6, 6.07) is 0. The van der Waals surface area contributed by atoms with Crippen molar-refractivity contribution in [2.75, 3.05) is 13.2 Å². The van der Waals surface area contributed by atoms with Gasteiger partial charge >= 0.3 is 0 Å². The van der Waals surface area contributed by atoms with Gasteiger partial charge < -0.3 is 14.6 Å². The molecule has 13 heavy (non-hydrogen) atoms. The van der Waals surface area contributed by atoms with E-state index in [1.165, 1.54) is 0 Å². The average molecular weight is 186 g/mol. The topological polar surface area (TPSA) is 38.7 Å². The van der Waals surface area contributed by atoms with Gasteiger partial charge in [0.05, 0.1) is 18.8 Å². The molecule has 0 amide bonds. The molecule has 2 aliphatic rings. The van der Waals surface area contributed by atoms with Crippen molar-refractivity contribution < 1.29 is 14.6 Å². The van der Waals surface area contributed by atoms with Crippen molar-refractivity contribution in [2.45, 2.75) is 44.5 Å². The second-order valence-electron chi connectivity index (χ2n) is 4.70. The highest BCUT2D eigenvalue weighted by atomic mass is 16.7. The Labute approximate surface area is 79.0 Å². The van der Waals surface area contributed by atoms with Gasteiger partial charge in [0.25, 0.3) is 0 Å². The Balaban J connectivity index is 2.01. The minimum absolute atomic E-state index is 0.311. The quantitative estimate of drug-likeness (QED) is 0.671. The zero-order valence-electron chi connectivity index (χ0n) is 8.38. The van der Waals surface area contributed by atoms with Gasteiger partial charge in [0, 0.05) is 12.8 Å². The molecule has 3 nitrogen and oxygen atoms in total. The molecule has 0 aromatic heterocycles. The van der Waals surface area contributed by atoms with Crippen molar-refractivity contribution in [1.82, 2.24) is 0 Å². The highest BCUT2D eigenvalue weighted by molar-refractivity contribution is 4.92. The Hall–Kier alpha value is -0.120. The van der Waals surface area contributed by atoms with Gasteiger partial charge in [0.1, 0.15) is 0 Å². The number of hydrogen-bond acceptors (Lipinski definition) is 3. The summed E-state index contributed by atoms with van der Waals surface area (Å²) in [5.74, 6) is -0.0319. The van der Waals surface area contributed by atoms with E-state index < -0.39 is 5.60 Å². The monoisotopic (exact) mass is 186 g/mol. The standard InChI is InChI=1S/C10H18O3/c1-9(2,11)8-3-4-10(7-8)12-5-6-13-10/h8,11H,3-7H2,1-2H3. The largest absolute Gasteiger partial charge is 0.390 e. The number of ether oxygens (including phenoxy) is 2. The van der Waals surface area contributed by atoms with Crippen LogP contribution >= 0.6 is 0 Å². The number of rotatable bonds is 1. The van der Waals surface area contributed by atoms with Crippen LogP contribution in [0.15, 0.2) is 0 Å². The van der Waals surface area contributed by atoms with Crippen LogP contribution in [0.1, 0.15) is 33.1 Å². The lowest BCUT2D eigenvalue weighted by atomic mass is 9.89. The van der Waals surface area contributed by atoms with E-state index in [0.717, 1.165) is 19.3 Å². The first-order valence-electron chi connectivity index (χ1n) is 5.02. The first kappa shape index (κ1) is 9.44. The lowest BCUT2D eigenvalue weighted by Gasteiger charge is -2.27. The highest BCUT2D eigenvalue weighted by Crippen LogP contribution is 2.44. The summed E-state index contributed by atoms with van der Waals surface area (Å²) in [4.78, 5) is 0. The molecule has 2 rings (SSSR count). The molecule has 1 heterocycles. The van der Waals surface area contributed by atoms with E-state index in [1.807, 2.05) is 13.8 Å². The van der Waals surface area contributed by atoms with E-state index in [1.54, 1.807) is 0 Å². The van der Waals surface area contributed by atoms with Crippen LogP contribution < -0.4 is 0 Å². The fourth-order valence-electron chi connectivity index (χ4n) is 2.34. The molecular formula is C10H18O3. The van der Waals surface area contributed by atoms with E-state index in [0.29, 0.717) is 19.1 Å². The van der Waals surface area contributed by atoms with Gasteiger partial charge in [-0.15, -0.1) is 0 Å². The molecule has 1 unspecified atom stereocenters. The zero-order valence-corrected chi connectivity index (χ0v) is 8.38. The van der Waals surface area contributed by atoms with E-state index >= 15 is 0 Å². The lowest BCUT2D eigenvalue weighted by Crippen LogP contribution is -2.32. The van der Waals surface area contributed by atoms with Gasteiger partial charge in [-0.05, 0) is 26.2 Å². The Morgan fingerprint density at radius 1 is 1.31 bits per heavy atom. The fraction of sp³-hybridized carbons (Fsp3) is 1.00. The van der Waals surface area contributed by atoms with Crippen molar-refractivity contribution in [3.05, 3.63) is 0 Å². The maximum absolute atomic E-state index is 9.85. The van der Waals surface area contributed by atoms with E-state index in [-0.39, 0.29) is 5.79 Å². The maximum Gasteiger partial charge on any atom is 0.168 e. The third-order valence-electron chi connectivity index (χ3n) is 3.24. The molecule has 1 N–H and O–H groups in total. The molecular weight excluding hydrogens is 168 g/mol. The summed E-state index contributed by atoms with van der Waals surface area (Å²) in [7, 11) is 0. The maximum atomic E-state index is 9.85. The Morgan fingerprint density at radius 3 is 2.38 bits per heavy atom. The molecule has 0 aromatic rings. The van der Waals surface area contributed by atoms with Crippen molar-refractivity contribution in [3.8, 4) is 0 Å². The van der Waals surface area contributed by atoms with Crippen molar-refractivity contribution >= 4 is 0 Å². The van der Waals surface area contributed by atoms with Crippen LogP contribution in [0.4, 0.5) is 0 Å². The summed E-state index contributed by atoms with van der Waals surface area (Å²) in [5.41, 5.74) is -0.598. The van der Waals surface area contributed by atoms with Crippen LogP contribution in [0.5, 0.6) is 0 Å². The van der Waals surface area contributed by atoms with Crippen molar-refractivity contribution in [2.24, 2.45) is 5.92 Å². The molecule has 1 spiro atoms. The Kier molecular flexibility index (Phi) is 2.13. The molecule has 1 aliphatic heterocycles. The molecule has 1 aliphatic carbocycles. The third-order valence-corrected chi connectivity index (χ3v) is 3.24. The van der Waals surface area contributed by atoms with Gasteiger partial charge in [-0.2, -0.15) is 0 Å². The zero-order chi connectivity index (χ0) is 9.53. The first-order chi connectivity index (χ1) is 6.02. The van der Waals surface area contributed by atoms with Crippen LogP contribution in [0.3, 0.4) is 0 Å². The van der Waals surface area contributed by atoms with E-state index in [2.05, 4.69) is 0 Å². The molecule has 3 heteroatoms. The second-order valence-corrected chi connectivity index (χ2v) is 4.70. The first-order valence-corrected chi connectivity index (χ1v) is 5.02. The second kappa shape index (κ2) is 2.94. The summed E-state index contributed by atoms with van der Waals surface area (Å²) in [6.07, 6.45) is 2.78. The molecule has 1 saturated heterocycles. The van der Waals surface area contributed by atoms with Crippen LogP contribution in [-0.4, -0.2) is 29.7 Å². The smallest absolute Gasteiger partial charge is 0.168 e. The average Bonchev–Trinajstić information content (AvgIpc) is 2.60. The van der Waals surface area contributed by atoms with E-state index in [9.17, 15) is 5.11 Å². The number of hydrogen-bond donors (Lipinski definition) is 1. The summed E-state index contributed by atoms with van der Waals surface area (Å²) in [5, 5.41) is 9.85. The minimum Gasteiger partial charge on any atom is -0.390 e. The predicted octanol–water partition coefficient (Wildman–Crippen LogP) is 1.30. The molecule has 76 valence electrons. The van der Waals surface area contributed by atoms with Crippen LogP contribution in [0, 0.1) is 5.92 Å². The third kappa shape index (κ3) is 1.73. The molecule has 1 saturated carbocycles. The molecule has 1 atom stereocenters. The molecule has 0 bridgehead atoms. The van der Waals surface area contributed by atoms with Gasteiger partial charge in [0.2, 0.25) is 0 Å². The molecule has 0 aromatic carbocycles. The summed E-state index contributed by atoms with van der Waals surface area (Å²) in [6.45, 7) is 5.15. The fourth-order valence-corrected chi connectivity index (χ4v) is 2.34. The predicted molar refractivity (Wildman–Crippen MR) is 48.3 cm³/mol. The van der Waals surface area contributed by atoms with Crippen LogP contribution in [0.25, 0.3) is 0 Å². The van der Waals surface area contributed by atoms with Crippen molar-refractivity contribution in [3.63, 3.8) is 0 Å².